The number of carbonyl (C=O) groups excluding carboxylic acids is 1. The van der Waals surface area contributed by atoms with E-state index in [0.717, 1.165) is 38.2 Å². The SMILES string of the molecule is N=C(/C=C\Nc1ccccc1)N(C(=O)c1cncs1)C1CCN(Cc2ccccc2)CC1. The molecule has 1 fully saturated rings. The van der Waals surface area contributed by atoms with E-state index in [1.165, 1.54) is 16.9 Å². The predicted molar refractivity (Wildman–Crippen MR) is 130 cm³/mol. The molecule has 1 saturated heterocycles. The minimum atomic E-state index is -0.150. The van der Waals surface area contributed by atoms with E-state index in [2.05, 4.69) is 39.5 Å². The largest absolute Gasteiger partial charge is 0.362 e. The molecule has 0 aliphatic carbocycles. The minimum Gasteiger partial charge on any atom is -0.362 e. The van der Waals surface area contributed by atoms with Gasteiger partial charge >= 0.3 is 0 Å². The molecule has 2 heterocycles. The number of thiazole rings is 1. The van der Waals surface area contributed by atoms with Crippen LogP contribution in [0.25, 0.3) is 0 Å². The first-order valence-corrected chi connectivity index (χ1v) is 11.6. The maximum Gasteiger partial charge on any atom is 0.271 e. The van der Waals surface area contributed by atoms with Gasteiger partial charge in [-0.25, -0.2) is 0 Å². The Labute approximate surface area is 192 Å². The number of nitrogens with zero attached hydrogens (tertiary/aromatic N) is 3. The molecule has 1 aliphatic rings. The number of para-hydroxylation sites is 1. The number of aromatic nitrogens is 1. The van der Waals surface area contributed by atoms with Crippen LogP contribution in [0.5, 0.6) is 0 Å². The van der Waals surface area contributed by atoms with Crippen molar-refractivity contribution in [1.29, 1.82) is 5.41 Å². The number of piperidine rings is 1. The summed E-state index contributed by atoms with van der Waals surface area (Å²) < 4.78 is 0. The summed E-state index contributed by atoms with van der Waals surface area (Å²) in [5.74, 6) is 0.0386. The fourth-order valence-corrected chi connectivity index (χ4v) is 4.48. The van der Waals surface area contributed by atoms with Crippen LogP contribution in [0.2, 0.25) is 0 Å². The number of amides is 1. The number of likely N-dealkylation sites (tertiary alicyclic amines) is 1. The zero-order valence-corrected chi connectivity index (χ0v) is 18.7. The van der Waals surface area contributed by atoms with Crippen molar-refractivity contribution < 1.29 is 4.79 Å². The number of nitrogens with one attached hydrogen (secondary N) is 2. The van der Waals surface area contributed by atoms with Gasteiger partial charge in [0.1, 0.15) is 10.7 Å². The van der Waals surface area contributed by atoms with Gasteiger partial charge in [-0.05, 0) is 36.6 Å². The van der Waals surface area contributed by atoms with Gasteiger partial charge in [0.2, 0.25) is 0 Å². The molecule has 1 amide bonds. The maximum atomic E-state index is 13.2. The van der Waals surface area contributed by atoms with Crippen molar-refractivity contribution in [2.45, 2.75) is 25.4 Å². The fraction of sp³-hybridized carbons (Fsp3) is 0.240. The molecule has 1 aromatic heterocycles. The van der Waals surface area contributed by atoms with Gasteiger partial charge in [-0.3, -0.25) is 25.0 Å². The lowest BCUT2D eigenvalue weighted by atomic mass is 10.0. The van der Waals surface area contributed by atoms with Crippen molar-refractivity contribution in [3.8, 4) is 0 Å². The molecule has 0 spiro atoms. The van der Waals surface area contributed by atoms with Gasteiger partial charge < -0.3 is 5.32 Å². The van der Waals surface area contributed by atoms with Crippen molar-refractivity contribution in [3.05, 3.63) is 95.1 Å². The third-order valence-corrected chi connectivity index (χ3v) is 6.32. The van der Waals surface area contributed by atoms with Gasteiger partial charge in [-0.15, -0.1) is 11.3 Å². The van der Waals surface area contributed by atoms with Crippen LogP contribution in [0, 0.1) is 5.41 Å². The lowest BCUT2D eigenvalue weighted by Gasteiger charge is -2.38. The summed E-state index contributed by atoms with van der Waals surface area (Å²) in [6.45, 7) is 2.70. The Morgan fingerprint density at radius 2 is 1.81 bits per heavy atom. The summed E-state index contributed by atoms with van der Waals surface area (Å²) in [5, 5.41) is 11.8. The van der Waals surface area contributed by atoms with E-state index >= 15 is 0 Å². The van der Waals surface area contributed by atoms with E-state index in [9.17, 15) is 4.79 Å². The second-order valence-electron chi connectivity index (χ2n) is 7.76. The van der Waals surface area contributed by atoms with E-state index < -0.39 is 0 Å². The van der Waals surface area contributed by atoms with Gasteiger partial charge in [0, 0.05) is 37.6 Å². The van der Waals surface area contributed by atoms with Crippen molar-refractivity contribution in [2.24, 2.45) is 0 Å². The number of amidine groups is 1. The van der Waals surface area contributed by atoms with Gasteiger partial charge in [-0.1, -0.05) is 48.5 Å². The molecular weight excluding hydrogens is 418 g/mol. The molecule has 2 N–H and O–H groups in total. The fourth-order valence-electron chi connectivity index (χ4n) is 3.92. The highest BCUT2D eigenvalue weighted by molar-refractivity contribution is 7.11. The molecule has 32 heavy (non-hydrogen) atoms. The zero-order valence-electron chi connectivity index (χ0n) is 17.9. The number of hydrogen-bond donors (Lipinski definition) is 2. The standard InChI is InChI=1S/C25H27N5OS/c26-24(11-14-28-21-9-5-2-6-10-21)30(25(31)23-17-27-19-32-23)22-12-15-29(16-13-22)18-20-7-3-1-4-8-20/h1-11,14,17,19,22,26,28H,12-13,15-16,18H2/b14-11-,26-24?. The van der Waals surface area contributed by atoms with E-state index in [0.29, 0.717) is 4.88 Å². The first kappa shape index (κ1) is 21.9. The van der Waals surface area contributed by atoms with Crippen molar-refractivity contribution in [2.75, 3.05) is 18.4 Å². The molecule has 7 heteroatoms. The third kappa shape index (κ3) is 5.69. The van der Waals surface area contributed by atoms with Crippen molar-refractivity contribution >= 4 is 28.8 Å². The smallest absolute Gasteiger partial charge is 0.271 e. The van der Waals surface area contributed by atoms with E-state index in [4.69, 9.17) is 5.41 Å². The second kappa shape index (κ2) is 10.8. The minimum absolute atomic E-state index is 0.00880. The topological polar surface area (TPSA) is 72.3 Å². The van der Waals surface area contributed by atoms with Crippen LogP contribution >= 0.6 is 11.3 Å². The summed E-state index contributed by atoms with van der Waals surface area (Å²) in [7, 11) is 0. The predicted octanol–water partition coefficient (Wildman–Crippen LogP) is 4.85. The Kier molecular flexibility index (Phi) is 7.42. The zero-order chi connectivity index (χ0) is 22.2. The quantitative estimate of drug-likeness (QED) is 0.403. The molecule has 164 valence electrons. The summed E-state index contributed by atoms with van der Waals surface area (Å²) in [6.07, 6.45) is 6.63. The van der Waals surface area contributed by atoms with E-state index in [1.54, 1.807) is 28.9 Å². The molecule has 0 unspecified atom stereocenters. The molecule has 1 aliphatic heterocycles. The van der Waals surface area contributed by atoms with Crippen LogP contribution in [0.15, 0.2) is 84.6 Å². The van der Waals surface area contributed by atoms with E-state index in [1.807, 2.05) is 36.4 Å². The number of rotatable bonds is 7. The highest BCUT2D eigenvalue weighted by atomic mass is 32.1. The first-order chi connectivity index (χ1) is 15.7. The Hall–Kier alpha value is -3.29. The van der Waals surface area contributed by atoms with E-state index in [-0.39, 0.29) is 17.8 Å². The summed E-state index contributed by atoms with van der Waals surface area (Å²) >= 11 is 1.31. The molecular formula is C25H27N5OS. The van der Waals surface area contributed by atoms with Crippen LogP contribution in [-0.2, 0) is 6.54 Å². The monoisotopic (exact) mass is 445 g/mol. The van der Waals surface area contributed by atoms with Crippen LogP contribution < -0.4 is 5.32 Å². The Bertz CT molecular complexity index is 1030. The molecule has 0 atom stereocenters. The number of carbonyl (C=O) groups is 1. The lowest BCUT2D eigenvalue weighted by Crippen LogP contribution is -2.49. The van der Waals surface area contributed by atoms with Crippen LogP contribution in [0.3, 0.4) is 0 Å². The van der Waals surface area contributed by atoms with Crippen molar-refractivity contribution in [1.82, 2.24) is 14.8 Å². The number of hydrogen-bond acceptors (Lipinski definition) is 6. The molecule has 6 nitrogen and oxygen atoms in total. The third-order valence-electron chi connectivity index (χ3n) is 5.56. The van der Waals surface area contributed by atoms with Gasteiger partial charge in [0.25, 0.3) is 5.91 Å². The highest BCUT2D eigenvalue weighted by Crippen LogP contribution is 2.22. The summed E-state index contributed by atoms with van der Waals surface area (Å²) in [6, 6.07) is 20.2. The average Bonchev–Trinajstić information content (AvgIpc) is 3.37. The molecule has 0 radical (unpaired) electrons. The maximum absolute atomic E-state index is 13.2. The number of benzene rings is 2. The summed E-state index contributed by atoms with van der Waals surface area (Å²) in [4.78, 5) is 21.9. The normalized spacial score (nSPS) is 15.0. The highest BCUT2D eigenvalue weighted by Gasteiger charge is 2.31. The van der Waals surface area contributed by atoms with Gasteiger partial charge in [0.15, 0.2) is 0 Å². The lowest BCUT2D eigenvalue weighted by molar-refractivity contribution is 0.0734. The van der Waals surface area contributed by atoms with Gasteiger partial charge in [-0.2, -0.15) is 0 Å². The molecule has 2 aromatic carbocycles. The van der Waals surface area contributed by atoms with Crippen LogP contribution in [0.4, 0.5) is 5.69 Å². The first-order valence-electron chi connectivity index (χ1n) is 10.8. The Balaban J connectivity index is 1.42. The molecule has 4 rings (SSSR count). The second-order valence-corrected chi connectivity index (χ2v) is 8.65. The molecule has 0 saturated carbocycles. The average molecular weight is 446 g/mol. The Morgan fingerprint density at radius 1 is 1.12 bits per heavy atom. The molecule has 3 aromatic rings. The van der Waals surface area contributed by atoms with Crippen LogP contribution in [0.1, 0.15) is 28.1 Å². The number of anilines is 1. The van der Waals surface area contributed by atoms with Gasteiger partial charge in [0.05, 0.1) is 11.7 Å². The van der Waals surface area contributed by atoms with Crippen LogP contribution in [-0.4, -0.2) is 45.7 Å². The van der Waals surface area contributed by atoms with Crippen molar-refractivity contribution in [3.63, 3.8) is 0 Å². The summed E-state index contributed by atoms with van der Waals surface area (Å²) in [5.41, 5.74) is 3.89. The molecule has 0 bridgehead atoms. The Morgan fingerprint density at radius 3 is 2.47 bits per heavy atom.